The van der Waals surface area contributed by atoms with E-state index >= 15 is 0 Å². The fraction of sp³-hybridized carbons (Fsp3) is 0.308. The summed E-state index contributed by atoms with van der Waals surface area (Å²) in [5.74, 6) is -0.283. The van der Waals surface area contributed by atoms with Crippen LogP contribution in [0.15, 0.2) is 24.8 Å². The van der Waals surface area contributed by atoms with E-state index in [0.717, 1.165) is 17.5 Å². The monoisotopic (exact) mass is 191 g/mol. The highest BCUT2D eigenvalue weighted by Crippen LogP contribution is 2.24. The van der Waals surface area contributed by atoms with Gasteiger partial charge in [-0.25, -0.2) is 0 Å². The van der Waals surface area contributed by atoms with Crippen LogP contribution in [0.4, 0.5) is 4.39 Å². The molecule has 1 heteroatoms. The topological polar surface area (TPSA) is 0 Å². The summed E-state index contributed by atoms with van der Waals surface area (Å²) in [6.07, 6.45) is 2.73. The minimum Gasteiger partial charge on any atom is -0.250 e. The van der Waals surface area contributed by atoms with Gasteiger partial charge in [-0.05, 0) is 30.0 Å². The number of halogens is 1. The van der Waals surface area contributed by atoms with Crippen LogP contribution in [0.1, 0.15) is 29.5 Å². The maximum Gasteiger partial charge on any atom is 0.0963 e. The van der Waals surface area contributed by atoms with Crippen LogP contribution in [-0.2, 0) is 6.42 Å². The van der Waals surface area contributed by atoms with Crippen molar-refractivity contribution >= 4 is 6.08 Å². The first-order chi connectivity index (χ1) is 6.74. The number of benzene rings is 1. The van der Waals surface area contributed by atoms with Crippen LogP contribution >= 0.6 is 0 Å². The molecule has 0 fully saturated rings. The summed E-state index contributed by atoms with van der Waals surface area (Å²) < 4.78 is 12.5. The van der Waals surface area contributed by atoms with Crippen molar-refractivity contribution in [1.82, 2.24) is 0 Å². The number of rotatable bonds is 4. The van der Waals surface area contributed by atoms with Crippen molar-refractivity contribution in [3.05, 3.63) is 48.4 Å². The summed E-state index contributed by atoms with van der Waals surface area (Å²) >= 11 is 0. The fourth-order valence-electron chi connectivity index (χ4n) is 1.63. The van der Waals surface area contributed by atoms with Gasteiger partial charge in [0.25, 0.3) is 0 Å². The van der Waals surface area contributed by atoms with Crippen LogP contribution in [0.5, 0.6) is 0 Å². The van der Waals surface area contributed by atoms with Crippen molar-refractivity contribution < 1.29 is 4.39 Å². The van der Waals surface area contributed by atoms with Gasteiger partial charge in [-0.1, -0.05) is 37.8 Å². The molecule has 0 nitrogen and oxygen atoms in total. The van der Waals surface area contributed by atoms with E-state index in [1.54, 1.807) is 6.08 Å². The second-order valence-electron chi connectivity index (χ2n) is 3.33. The summed E-state index contributed by atoms with van der Waals surface area (Å²) in [7, 11) is 0. The molecule has 0 spiro atoms. The number of hydrogen-bond donors (Lipinski definition) is 0. The van der Waals surface area contributed by atoms with Gasteiger partial charge in [0.15, 0.2) is 0 Å². The van der Waals surface area contributed by atoms with E-state index in [0.29, 0.717) is 0 Å². The van der Waals surface area contributed by atoms with E-state index in [1.165, 1.54) is 5.56 Å². The molecular formula is C13H16F. The smallest absolute Gasteiger partial charge is 0.0963 e. The molecule has 75 valence electrons. The normalized spacial score (nSPS) is 12.5. The molecule has 0 aliphatic heterocycles. The summed E-state index contributed by atoms with van der Waals surface area (Å²) in [6.45, 7) is 9.22. The third kappa shape index (κ3) is 2.03. The van der Waals surface area contributed by atoms with Crippen LogP contribution in [0, 0.1) is 6.92 Å². The van der Waals surface area contributed by atoms with Crippen molar-refractivity contribution in [1.29, 1.82) is 0 Å². The molecule has 0 heterocycles. The molecule has 0 aliphatic carbocycles. The van der Waals surface area contributed by atoms with E-state index in [9.17, 15) is 4.39 Å². The summed E-state index contributed by atoms with van der Waals surface area (Å²) in [4.78, 5) is 0. The Labute approximate surface area is 85.5 Å². The molecular weight excluding hydrogens is 175 g/mol. The fourth-order valence-corrected chi connectivity index (χ4v) is 1.63. The lowest BCUT2D eigenvalue weighted by Crippen LogP contribution is -2.01. The molecule has 0 saturated carbocycles. The average Bonchev–Trinajstić information content (AvgIpc) is 2.26. The standard InChI is InChI=1S/C13H16F/c1-4-11-7-6-8-13(10(3)9-14)12(11)5-2/h5-8,10H,2-4,9H2,1H3. The van der Waals surface area contributed by atoms with Crippen LogP contribution in [0.2, 0.25) is 0 Å². The van der Waals surface area contributed by atoms with Gasteiger partial charge in [0, 0.05) is 5.92 Å². The van der Waals surface area contributed by atoms with E-state index < -0.39 is 6.67 Å². The lowest BCUT2D eigenvalue weighted by Gasteiger charge is -2.14. The highest BCUT2D eigenvalue weighted by Gasteiger charge is 2.10. The van der Waals surface area contributed by atoms with Crippen molar-refractivity contribution in [3.63, 3.8) is 0 Å². The van der Waals surface area contributed by atoms with E-state index in [-0.39, 0.29) is 5.92 Å². The lowest BCUT2D eigenvalue weighted by molar-refractivity contribution is 0.465. The second kappa shape index (κ2) is 4.94. The zero-order valence-electron chi connectivity index (χ0n) is 8.59. The molecule has 0 N–H and O–H groups in total. The van der Waals surface area contributed by atoms with E-state index in [4.69, 9.17) is 0 Å². The van der Waals surface area contributed by atoms with Gasteiger partial charge in [0.05, 0.1) is 6.67 Å². The molecule has 0 aromatic heterocycles. The van der Waals surface area contributed by atoms with Crippen LogP contribution in [-0.4, -0.2) is 6.67 Å². The predicted molar refractivity (Wildman–Crippen MR) is 60.0 cm³/mol. The molecule has 1 radical (unpaired) electrons. The predicted octanol–water partition coefficient (Wildman–Crippen LogP) is 3.78. The molecule has 1 unspecified atom stereocenters. The van der Waals surface area contributed by atoms with Crippen molar-refractivity contribution in [2.75, 3.05) is 6.67 Å². The van der Waals surface area contributed by atoms with Crippen LogP contribution < -0.4 is 0 Å². The Morgan fingerprint density at radius 3 is 2.71 bits per heavy atom. The Hall–Kier alpha value is -1.11. The molecule has 0 aliphatic rings. The number of hydrogen-bond acceptors (Lipinski definition) is 0. The number of alkyl halides is 1. The molecule has 1 atom stereocenters. The van der Waals surface area contributed by atoms with Gasteiger partial charge in [-0.3, -0.25) is 4.39 Å². The minimum absolute atomic E-state index is 0.283. The maximum absolute atomic E-state index is 12.5. The Morgan fingerprint density at radius 1 is 1.50 bits per heavy atom. The highest BCUT2D eigenvalue weighted by atomic mass is 19.1. The van der Waals surface area contributed by atoms with Gasteiger partial charge in [0.2, 0.25) is 0 Å². The van der Waals surface area contributed by atoms with Crippen molar-refractivity contribution in [3.8, 4) is 0 Å². The molecule has 0 bridgehead atoms. The quantitative estimate of drug-likeness (QED) is 0.679. The first-order valence-electron chi connectivity index (χ1n) is 4.87. The highest BCUT2D eigenvalue weighted by molar-refractivity contribution is 5.57. The average molecular weight is 191 g/mol. The summed E-state index contributed by atoms with van der Waals surface area (Å²) in [5, 5.41) is 0. The SMILES string of the molecule is [CH2]C(CF)c1cccc(CC)c1C=C. The third-order valence-electron chi connectivity index (χ3n) is 2.44. The molecule has 1 aromatic rings. The molecule has 0 saturated heterocycles. The maximum atomic E-state index is 12.5. The minimum atomic E-state index is -0.423. The summed E-state index contributed by atoms with van der Waals surface area (Å²) in [5.41, 5.74) is 3.22. The summed E-state index contributed by atoms with van der Waals surface area (Å²) in [6, 6.07) is 5.92. The van der Waals surface area contributed by atoms with Gasteiger partial charge in [0.1, 0.15) is 0 Å². The molecule has 1 rings (SSSR count). The zero-order valence-corrected chi connectivity index (χ0v) is 8.59. The second-order valence-corrected chi connectivity index (χ2v) is 3.33. The van der Waals surface area contributed by atoms with Crippen molar-refractivity contribution in [2.45, 2.75) is 19.3 Å². The molecule has 1 aromatic carbocycles. The van der Waals surface area contributed by atoms with E-state index in [2.05, 4.69) is 20.4 Å². The molecule has 0 amide bonds. The van der Waals surface area contributed by atoms with Gasteiger partial charge in [-0.2, -0.15) is 0 Å². The number of aryl methyl sites for hydroxylation is 1. The van der Waals surface area contributed by atoms with Gasteiger partial charge in [-0.15, -0.1) is 0 Å². The van der Waals surface area contributed by atoms with Gasteiger partial charge >= 0.3 is 0 Å². The zero-order chi connectivity index (χ0) is 10.6. The Bertz CT molecular complexity index is 315. The Kier molecular flexibility index (Phi) is 3.87. The Morgan fingerprint density at radius 2 is 2.21 bits per heavy atom. The third-order valence-corrected chi connectivity index (χ3v) is 2.44. The Balaban J connectivity index is 3.21. The van der Waals surface area contributed by atoms with E-state index in [1.807, 2.05) is 18.2 Å². The molecule has 14 heavy (non-hydrogen) atoms. The lowest BCUT2D eigenvalue weighted by atomic mass is 9.92. The first-order valence-corrected chi connectivity index (χ1v) is 4.87. The van der Waals surface area contributed by atoms with Crippen LogP contribution in [0.25, 0.3) is 6.08 Å². The van der Waals surface area contributed by atoms with Crippen molar-refractivity contribution in [2.24, 2.45) is 0 Å². The first kappa shape index (κ1) is 11.0. The van der Waals surface area contributed by atoms with Crippen LogP contribution in [0.3, 0.4) is 0 Å². The largest absolute Gasteiger partial charge is 0.250 e. The van der Waals surface area contributed by atoms with Gasteiger partial charge < -0.3 is 0 Å².